The SMILES string of the molecule is CN1CCOC(CNC2CCCSC2)C1. The van der Waals surface area contributed by atoms with E-state index in [1.54, 1.807) is 0 Å². The van der Waals surface area contributed by atoms with E-state index in [9.17, 15) is 0 Å². The number of likely N-dealkylation sites (N-methyl/N-ethyl adjacent to an activating group) is 1. The number of morpholine rings is 1. The van der Waals surface area contributed by atoms with Gasteiger partial charge in [0.15, 0.2) is 0 Å². The van der Waals surface area contributed by atoms with Crippen LogP contribution in [0, 0.1) is 0 Å². The van der Waals surface area contributed by atoms with E-state index in [1.165, 1.54) is 24.3 Å². The smallest absolute Gasteiger partial charge is 0.0826 e. The average molecular weight is 230 g/mol. The summed E-state index contributed by atoms with van der Waals surface area (Å²) in [7, 11) is 2.17. The molecule has 2 aliphatic heterocycles. The zero-order valence-electron chi connectivity index (χ0n) is 9.58. The van der Waals surface area contributed by atoms with E-state index in [1.807, 2.05) is 0 Å². The molecule has 2 fully saturated rings. The maximum atomic E-state index is 5.73. The fourth-order valence-electron chi connectivity index (χ4n) is 2.19. The Morgan fingerprint density at radius 2 is 2.47 bits per heavy atom. The predicted molar refractivity (Wildman–Crippen MR) is 65.6 cm³/mol. The van der Waals surface area contributed by atoms with Crippen LogP contribution in [0.25, 0.3) is 0 Å². The molecule has 0 saturated carbocycles. The van der Waals surface area contributed by atoms with E-state index < -0.39 is 0 Å². The molecule has 2 heterocycles. The lowest BCUT2D eigenvalue weighted by molar-refractivity contribution is -0.0191. The molecule has 2 saturated heterocycles. The van der Waals surface area contributed by atoms with Gasteiger partial charge in [0.2, 0.25) is 0 Å². The van der Waals surface area contributed by atoms with E-state index in [-0.39, 0.29) is 0 Å². The van der Waals surface area contributed by atoms with Gasteiger partial charge in [0, 0.05) is 31.4 Å². The summed E-state index contributed by atoms with van der Waals surface area (Å²) in [5.41, 5.74) is 0. The van der Waals surface area contributed by atoms with Crippen LogP contribution in [0.5, 0.6) is 0 Å². The van der Waals surface area contributed by atoms with Crippen molar-refractivity contribution in [2.24, 2.45) is 0 Å². The Bertz CT molecular complexity index is 185. The first kappa shape index (κ1) is 11.7. The second-order valence-corrected chi connectivity index (χ2v) is 5.73. The van der Waals surface area contributed by atoms with Crippen LogP contribution in [-0.4, -0.2) is 61.8 Å². The van der Waals surface area contributed by atoms with Gasteiger partial charge in [0.25, 0.3) is 0 Å². The van der Waals surface area contributed by atoms with Crippen molar-refractivity contribution < 1.29 is 4.74 Å². The second kappa shape index (κ2) is 6.09. The maximum absolute atomic E-state index is 5.73. The van der Waals surface area contributed by atoms with Gasteiger partial charge in [-0.1, -0.05) is 0 Å². The van der Waals surface area contributed by atoms with E-state index in [0.29, 0.717) is 6.10 Å². The second-order valence-electron chi connectivity index (χ2n) is 4.58. The van der Waals surface area contributed by atoms with E-state index in [2.05, 4.69) is 29.0 Å². The van der Waals surface area contributed by atoms with Crippen LogP contribution in [0.4, 0.5) is 0 Å². The number of hydrogen-bond acceptors (Lipinski definition) is 4. The third kappa shape index (κ3) is 3.94. The van der Waals surface area contributed by atoms with Gasteiger partial charge >= 0.3 is 0 Å². The average Bonchev–Trinajstić information content (AvgIpc) is 2.28. The molecule has 0 aromatic rings. The standard InChI is InChI=1S/C11H22N2OS/c1-13-4-5-14-11(8-13)7-12-10-3-2-6-15-9-10/h10-12H,2-9H2,1H3. The minimum absolute atomic E-state index is 0.399. The largest absolute Gasteiger partial charge is 0.374 e. The quantitative estimate of drug-likeness (QED) is 0.775. The van der Waals surface area contributed by atoms with Crippen LogP contribution in [0.15, 0.2) is 0 Å². The monoisotopic (exact) mass is 230 g/mol. The molecule has 2 atom stereocenters. The summed E-state index contributed by atoms with van der Waals surface area (Å²) >= 11 is 2.08. The molecular weight excluding hydrogens is 208 g/mol. The lowest BCUT2D eigenvalue weighted by Gasteiger charge is -2.32. The molecule has 2 unspecified atom stereocenters. The molecule has 1 N–H and O–H groups in total. The summed E-state index contributed by atoms with van der Waals surface area (Å²) in [4.78, 5) is 2.35. The van der Waals surface area contributed by atoms with Crippen LogP contribution in [0.3, 0.4) is 0 Å². The van der Waals surface area contributed by atoms with Gasteiger partial charge in [0.1, 0.15) is 0 Å². The molecule has 15 heavy (non-hydrogen) atoms. The highest BCUT2D eigenvalue weighted by Crippen LogP contribution is 2.17. The van der Waals surface area contributed by atoms with Crippen LogP contribution in [0.1, 0.15) is 12.8 Å². The Balaban J connectivity index is 1.63. The summed E-state index contributed by atoms with van der Waals surface area (Å²) in [6.45, 7) is 4.07. The third-order valence-corrected chi connectivity index (χ3v) is 4.35. The third-order valence-electron chi connectivity index (χ3n) is 3.14. The van der Waals surface area contributed by atoms with E-state index >= 15 is 0 Å². The number of nitrogens with one attached hydrogen (secondary N) is 1. The van der Waals surface area contributed by atoms with Crippen LogP contribution in [0.2, 0.25) is 0 Å². The summed E-state index contributed by atoms with van der Waals surface area (Å²) in [5.74, 6) is 2.63. The van der Waals surface area contributed by atoms with Gasteiger partial charge in [-0.2, -0.15) is 11.8 Å². The van der Waals surface area contributed by atoms with Crippen LogP contribution in [-0.2, 0) is 4.74 Å². The zero-order valence-corrected chi connectivity index (χ0v) is 10.4. The molecule has 0 aromatic heterocycles. The van der Waals surface area contributed by atoms with Crippen molar-refractivity contribution >= 4 is 11.8 Å². The molecule has 0 spiro atoms. The Kier molecular flexibility index (Phi) is 4.75. The molecular formula is C11H22N2OS. The molecule has 0 aliphatic carbocycles. The molecule has 0 radical (unpaired) electrons. The Labute approximate surface area is 96.9 Å². The lowest BCUT2D eigenvalue weighted by atomic mass is 10.1. The Morgan fingerprint density at radius 3 is 3.20 bits per heavy atom. The summed E-state index contributed by atoms with van der Waals surface area (Å²) in [6.07, 6.45) is 3.11. The van der Waals surface area contributed by atoms with Gasteiger partial charge in [0.05, 0.1) is 12.7 Å². The van der Waals surface area contributed by atoms with Crippen molar-refractivity contribution in [3.05, 3.63) is 0 Å². The van der Waals surface area contributed by atoms with Gasteiger partial charge < -0.3 is 15.0 Å². The first-order valence-corrected chi connectivity index (χ1v) is 7.11. The van der Waals surface area contributed by atoms with Gasteiger partial charge in [-0.05, 0) is 25.6 Å². The minimum atomic E-state index is 0.399. The Morgan fingerprint density at radius 1 is 1.53 bits per heavy atom. The fourth-order valence-corrected chi connectivity index (χ4v) is 3.30. The minimum Gasteiger partial charge on any atom is -0.374 e. The number of rotatable bonds is 3. The van der Waals surface area contributed by atoms with Crippen molar-refractivity contribution in [3.8, 4) is 0 Å². The summed E-state index contributed by atoms with van der Waals surface area (Å²) in [5, 5.41) is 3.64. The molecule has 0 amide bonds. The van der Waals surface area contributed by atoms with Crippen molar-refractivity contribution in [1.82, 2.24) is 10.2 Å². The molecule has 2 aliphatic rings. The molecule has 88 valence electrons. The van der Waals surface area contributed by atoms with Gasteiger partial charge in [-0.25, -0.2) is 0 Å². The number of nitrogens with zero attached hydrogens (tertiary/aromatic N) is 1. The normalized spacial score (nSPS) is 34.2. The van der Waals surface area contributed by atoms with Crippen molar-refractivity contribution in [2.75, 3.05) is 44.8 Å². The summed E-state index contributed by atoms with van der Waals surface area (Å²) in [6, 6.07) is 0.722. The van der Waals surface area contributed by atoms with Gasteiger partial charge in [-0.15, -0.1) is 0 Å². The van der Waals surface area contributed by atoms with Gasteiger partial charge in [-0.3, -0.25) is 0 Å². The molecule has 4 heteroatoms. The summed E-state index contributed by atoms with van der Waals surface area (Å²) < 4.78 is 5.73. The van der Waals surface area contributed by atoms with Crippen molar-refractivity contribution in [3.63, 3.8) is 0 Å². The highest BCUT2D eigenvalue weighted by Gasteiger charge is 2.19. The van der Waals surface area contributed by atoms with E-state index in [4.69, 9.17) is 4.74 Å². The van der Waals surface area contributed by atoms with Crippen LogP contribution < -0.4 is 5.32 Å². The van der Waals surface area contributed by atoms with Crippen molar-refractivity contribution in [1.29, 1.82) is 0 Å². The highest BCUT2D eigenvalue weighted by atomic mass is 32.2. The van der Waals surface area contributed by atoms with Crippen LogP contribution >= 0.6 is 11.8 Å². The molecule has 2 rings (SSSR count). The molecule has 0 bridgehead atoms. The highest BCUT2D eigenvalue weighted by molar-refractivity contribution is 7.99. The molecule has 3 nitrogen and oxygen atoms in total. The first-order chi connectivity index (χ1) is 7.34. The molecule has 0 aromatic carbocycles. The lowest BCUT2D eigenvalue weighted by Crippen LogP contribution is -2.47. The number of ether oxygens (including phenoxy) is 1. The number of thioether (sulfide) groups is 1. The van der Waals surface area contributed by atoms with E-state index in [0.717, 1.165) is 32.3 Å². The first-order valence-electron chi connectivity index (χ1n) is 5.96. The Hall–Kier alpha value is 0.230. The predicted octanol–water partition coefficient (Wildman–Crippen LogP) is 0.802. The maximum Gasteiger partial charge on any atom is 0.0826 e. The number of hydrogen-bond donors (Lipinski definition) is 1. The topological polar surface area (TPSA) is 24.5 Å². The fraction of sp³-hybridized carbons (Fsp3) is 1.00. The zero-order chi connectivity index (χ0) is 10.5. The van der Waals surface area contributed by atoms with Crippen molar-refractivity contribution in [2.45, 2.75) is 25.0 Å².